The van der Waals surface area contributed by atoms with E-state index in [9.17, 15) is 14.0 Å². The number of rotatable bonds is 5. The van der Waals surface area contributed by atoms with Gasteiger partial charge in [-0.25, -0.2) is 9.18 Å². The molecular weight excluding hydrogens is 265 g/mol. The van der Waals surface area contributed by atoms with Crippen molar-refractivity contribution in [1.29, 1.82) is 5.26 Å². The number of carboxylic acids is 1. The van der Waals surface area contributed by atoms with Gasteiger partial charge in [-0.2, -0.15) is 5.26 Å². The first kappa shape index (κ1) is 15.4. The number of hydrogen-bond acceptors (Lipinski definition) is 3. The van der Waals surface area contributed by atoms with Gasteiger partial charge in [-0.15, -0.1) is 0 Å². The lowest BCUT2D eigenvalue weighted by molar-refractivity contribution is -0.137. The summed E-state index contributed by atoms with van der Waals surface area (Å²) in [5, 5.41) is 22.3. The summed E-state index contributed by atoms with van der Waals surface area (Å²) in [6, 6.07) is 4.15. The third-order valence-electron chi connectivity index (χ3n) is 2.59. The van der Waals surface area contributed by atoms with E-state index in [2.05, 4.69) is 10.6 Å². The SMILES string of the molecule is CCC(CC(=O)O)NC(=O)Nc1ccc(F)c(C#N)c1. The monoisotopic (exact) mass is 279 g/mol. The number of carbonyl (C=O) groups is 2. The number of anilines is 1. The van der Waals surface area contributed by atoms with E-state index >= 15 is 0 Å². The summed E-state index contributed by atoms with van der Waals surface area (Å²) in [4.78, 5) is 22.2. The molecule has 0 fully saturated rings. The minimum atomic E-state index is -1.01. The molecule has 0 heterocycles. The number of carboxylic acid groups (broad SMARTS) is 1. The third kappa shape index (κ3) is 4.57. The van der Waals surface area contributed by atoms with E-state index in [4.69, 9.17) is 10.4 Å². The number of halogens is 1. The summed E-state index contributed by atoms with van der Waals surface area (Å²) in [6.07, 6.45) is 0.281. The first-order valence-electron chi connectivity index (χ1n) is 5.95. The number of carbonyl (C=O) groups excluding carboxylic acids is 1. The van der Waals surface area contributed by atoms with Crippen molar-refractivity contribution in [2.24, 2.45) is 0 Å². The molecule has 7 heteroatoms. The molecule has 3 N–H and O–H groups in total. The number of hydrogen-bond donors (Lipinski definition) is 3. The van der Waals surface area contributed by atoms with Crippen LogP contribution in [0.5, 0.6) is 0 Å². The van der Waals surface area contributed by atoms with E-state index in [1.54, 1.807) is 13.0 Å². The topological polar surface area (TPSA) is 102 Å². The van der Waals surface area contributed by atoms with Gasteiger partial charge >= 0.3 is 12.0 Å². The molecule has 0 radical (unpaired) electrons. The second-order valence-electron chi connectivity index (χ2n) is 4.11. The van der Waals surface area contributed by atoms with Crippen LogP contribution < -0.4 is 10.6 Å². The van der Waals surface area contributed by atoms with Crippen LogP contribution in [0.1, 0.15) is 25.3 Å². The van der Waals surface area contributed by atoms with Crippen molar-refractivity contribution in [3.05, 3.63) is 29.6 Å². The lowest BCUT2D eigenvalue weighted by Gasteiger charge is -2.15. The average molecular weight is 279 g/mol. The third-order valence-corrected chi connectivity index (χ3v) is 2.59. The van der Waals surface area contributed by atoms with Gasteiger partial charge in [-0.3, -0.25) is 4.79 Å². The Morgan fingerprint density at radius 2 is 2.20 bits per heavy atom. The van der Waals surface area contributed by atoms with Gasteiger partial charge in [-0.1, -0.05) is 6.92 Å². The van der Waals surface area contributed by atoms with Crippen LogP contribution in [0.3, 0.4) is 0 Å². The van der Waals surface area contributed by atoms with Gasteiger partial charge in [-0.05, 0) is 24.6 Å². The van der Waals surface area contributed by atoms with Crippen LogP contribution in [0.15, 0.2) is 18.2 Å². The predicted octanol–water partition coefficient (Wildman–Crippen LogP) is 2.07. The van der Waals surface area contributed by atoms with Gasteiger partial charge in [0, 0.05) is 11.7 Å². The van der Waals surface area contributed by atoms with Crippen LogP contribution in [-0.4, -0.2) is 23.1 Å². The van der Waals surface area contributed by atoms with Crippen LogP contribution in [0, 0.1) is 17.1 Å². The second-order valence-corrected chi connectivity index (χ2v) is 4.11. The van der Waals surface area contributed by atoms with Gasteiger partial charge in [0.15, 0.2) is 0 Å². The highest BCUT2D eigenvalue weighted by molar-refractivity contribution is 5.89. The zero-order chi connectivity index (χ0) is 15.1. The first-order chi connectivity index (χ1) is 9.46. The number of benzene rings is 1. The molecule has 6 nitrogen and oxygen atoms in total. The summed E-state index contributed by atoms with van der Waals surface area (Å²) in [6.45, 7) is 1.75. The number of urea groups is 1. The van der Waals surface area contributed by atoms with Gasteiger partial charge in [0.25, 0.3) is 0 Å². The molecule has 1 aromatic rings. The fraction of sp³-hybridized carbons (Fsp3) is 0.308. The highest BCUT2D eigenvalue weighted by Gasteiger charge is 2.14. The Labute approximate surface area is 115 Å². The quantitative estimate of drug-likeness (QED) is 0.767. The summed E-state index contributed by atoms with van der Waals surface area (Å²) < 4.78 is 13.1. The molecule has 1 unspecified atom stereocenters. The van der Waals surface area contributed by atoms with Crippen molar-refractivity contribution in [1.82, 2.24) is 5.32 Å². The molecular formula is C13H14FN3O3. The number of nitrogens with zero attached hydrogens (tertiary/aromatic N) is 1. The molecule has 0 aliphatic carbocycles. The van der Waals surface area contributed by atoms with Crippen molar-refractivity contribution in [2.45, 2.75) is 25.8 Å². The zero-order valence-corrected chi connectivity index (χ0v) is 10.8. The van der Waals surface area contributed by atoms with E-state index in [1.165, 1.54) is 12.1 Å². The Bertz CT molecular complexity index is 554. The zero-order valence-electron chi connectivity index (χ0n) is 10.8. The van der Waals surface area contributed by atoms with Crippen LogP contribution in [0.2, 0.25) is 0 Å². The fourth-order valence-electron chi connectivity index (χ4n) is 1.55. The van der Waals surface area contributed by atoms with Crippen molar-refractivity contribution in [3.63, 3.8) is 0 Å². The molecule has 0 aliphatic heterocycles. The summed E-state index contributed by atoms with van der Waals surface area (Å²) in [7, 11) is 0. The molecule has 0 bridgehead atoms. The maximum Gasteiger partial charge on any atom is 0.319 e. The Morgan fingerprint density at radius 1 is 1.50 bits per heavy atom. The number of nitriles is 1. The van der Waals surface area contributed by atoms with Crippen LogP contribution in [0.4, 0.5) is 14.9 Å². The fourth-order valence-corrected chi connectivity index (χ4v) is 1.55. The van der Waals surface area contributed by atoms with Crippen molar-refractivity contribution in [3.8, 4) is 6.07 Å². The lowest BCUT2D eigenvalue weighted by Crippen LogP contribution is -2.38. The number of amides is 2. The largest absolute Gasteiger partial charge is 0.481 e. The Balaban J connectivity index is 2.66. The molecule has 0 aromatic heterocycles. The van der Waals surface area contributed by atoms with Gasteiger partial charge in [0.05, 0.1) is 12.0 Å². The standard InChI is InChI=1S/C13H14FN3O3/c1-2-9(6-12(18)19)16-13(20)17-10-3-4-11(14)8(5-10)7-15/h3-5,9H,2,6H2,1H3,(H,18,19)(H2,16,17,20). The van der Waals surface area contributed by atoms with Gasteiger partial charge in [0.1, 0.15) is 11.9 Å². The van der Waals surface area contributed by atoms with Crippen molar-refractivity contribution < 1.29 is 19.1 Å². The lowest BCUT2D eigenvalue weighted by atomic mass is 10.1. The van der Waals surface area contributed by atoms with Crippen molar-refractivity contribution >= 4 is 17.7 Å². The maximum absolute atomic E-state index is 13.1. The van der Waals surface area contributed by atoms with Crippen LogP contribution in [-0.2, 0) is 4.79 Å². The molecule has 0 aliphatic rings. The minimum absolute atomic E-state index is 0.180. The molecule has 1 atom stereocenters. The first-order valence-corrected chi connectivity index (χ1v) is 5.95. The Kier molecular flexibility index (Phi) is 5.47. The molecule has 0 spiro atoms. The number of nitrogens with one attached hydrogen (secondary N) is 2. The van der Waals surface area contributed by atoms with Crippen LogP contribution in [0.25, 0.3) is 0 Å². The molecule has 2 amide bonds. The summed E-state index contributed by atoms with van der Waals surface area (Å²) in [5.41, 5.74) is 0.0750. The van der Waals surface area contributed by atoms with Crippen molar-refractivity contribution in [2.75, 3.05) is 5.32 Å². The Morgan fingerprint density at radius 3 is 2.75 bits per heavy atom. The van der Waals surface area contributed by atoms with E-state index < -0.39 is 23.9 Å². The van der Waals surface area contributed by atoms with Gasteiger partial charge in [0.2, 0.25) is 0 Å². The average Bonchev–Trinajstić information content (AvgIpc) is 2.39. The second kappa shape index (κ2) is 7.09. The molecule has 0 saturated carbocycles. The minimum Gasteiger partial charge on any atom is -0.481 e. The molecule has 0 saturated heterocycles. The van der Waals surface area contributed by atoms with Crippen LogP contribution >= 0.6 is 0 Å². The highest BCUT2D eigenvalue weighted by Crippen LogP contribution is 2.13. The van der Waals surface area contributed by atoms with E-state index in [0.717, 1.165) is 6.07 Å². The summed E-state index contributed by atoms with van der Waals surface area (Å²) >= 11 is 0. The van der Waals surface area contributed by atoms with Gasteiger partial charge < -0.3 is 15.7 Å². The van der Waals surface area contributed by atoms with E-state index in [0.29, 0.717) is 6.42 Å². The van der Waals surface area contributed by atoms with E-state index in [1.807, 2.05) is 0 Å². The molecule has 1 rings (SSSR count). The normalized spacial score (nSPS) is 11.2. The smallest absolute Gasteiger partial charge is 0.319 e. The Hall–Kier alpha value is -2.62. The predicted molar refractivity (Wildman–Crippen MR) is 69.6 cm³/mol. The summed E-state index contributed by atoms with van der Waals surface area (Å²) in [5.74, 6) is -1.68. The van der Waals surface area contributed by atoms with E-state index in [-0.39, 0.29) is 17.7 Å². The highest BCUT2D eigenvalue weighted by atomic mass is 19.1. The molecule has 1 aromatic carbocycles. The molecule has 106 valence electrons. The maximum atomic E-state index is 13.1. The number of aliphatic carboxylic acids is 1. The molecule has 20 heavy (non-hydrogen) atoms.